The minimum atomic E-state index is -0.499. The Morgan fingerprint density at radius 3 is 2.47 bits per heavy atom. The van der Waals surface area contributed by atoms with E-state index < -0.39 is 5.60 Å². The molecule has 1 rings (SSSR count). The van der Waals surface area contributed by atoms with Crippen LogP contribution in [0, 0.1) is 0 Å². The highest BCUT2D eigenvalue weighted by Gasteiger charge is 2.18. The first-order chi connectivity index (χ1) is 7.87. The number of benzene rings is 1. The quantitative estimate of drug-likeness (QED) is 0.753. The van der Waals surface area contributed by atoms with E-state index in [1.165, 1.54) is 0 Å². The molecule has 92 valence electrons. The van der Waals surface area contributed by atoms with E-state index in [1.54, 1.807) is 31.4 Å². The zero-order valence-electron chi connectivity index (χ0n) is 10.7. The second-order valence-electron chi connectivity index (χ2n) is 4.66. The van der Waals surface area contributed by atoms with Crippen molar-refractivity contribution in [1.82, 2.24) is 0 Å². The molecule has 0 aliphatic carbocycles. The van der Waals surface area contributed by atoms with E-state index in [0.717, 1.165) is 5.56 Å². The summed E-state index contributed by atoms with van der Waals surface area (Å²) in [7, 11) is 1.56. The Morgan fingerprint density at radius 2 is 2.00 bits per heavy atom. The first-order valence-electron chi connectivity index (χ1n) is 5.41. The number of carbonyl (C=O) groups is 1. The standard InChI is InChI=1S/C14H18O3/c1-6-10-7-8-11(9-12(10)16-5)13(15)17-14(2,3)4/h6-9H,1H2,2-5H3. The molecule has 0 saturated carbocycles. The highest BCUT2D eigenvalue weighted by molar-refractivity contribution is 5.90. The van der Waals surface area contributed by atoms with Crippen molar-refractivity contribution in [3.05, 3.63) is 35.9 Å². The van der Waals surface area contributed by atoms with Crippen molar-refractivity contribution in [2.45, 2.75) is 26.4 Å². The fourth-order valence-electron chi connectivity index (χ4n) is 1.34. The summed E-state index contributed by atoms with van der Waals surface area (Å²) in [6.07, 6.45) is 1.68. The minimum absolute atomic E-state index is 0.355. The Balaban J connectivity index is 3.00. The molecule has 0 aromatic heterocycles. The lowest BCUT2D eigenvalue weighted by Crippen LogP contribution is -2.23. The van der Waals surface area contributed by atoms with Crippen LogP contribution in [0.3, 0.4) is 0 Å². The van der Waals surface area contributed by atoms with Crippen LogP contribution in [0.2, 0.25) is 0 Å². The van der Waals surface area contributed by atoms with Crippen LogP contribution in [0.15, 0.2) is 24.8 Å². The van der Waals surface area contributed by atoms with Crippen LogP contribution < -0.4 is 4.74 Å². The predicted molar refractivity (Wildman–Crippen MR) is 68.3 cm³/mol. The van der Waals surface area contributed by atoms with Gasteiger partial charge in [-0.15, -0.1) is 0 Å². The fraction of sp³-hybridized carbons (Fsp3) is 0.357. The number of ether oxygens (including phenoxy) is 2. The SMILES string of the molecule is C=Cc1ccc(C(=O)OC(C)(C)C)cc1OC. The monoisotopic (exact) mass is 234 g/mol. The Bertz CT molecular complexity index is 428. The van der Waals surface area contributed by atoms with E-state index in [0.29, 0.717) is 11.3 Å². The van der Waals surface area contributed by atoms with E-state index >= 15 is 0 Å². The molecule has 3 heteroatoms. The van der Waals surface area contributed by atoms with E-state index in [1.807, 2.05) is 20.8 Å². The maximum absolute atomic E-state index is 11.8. The summed E-state index contributed by atoms with van der Waals surface area (Å²) in [4.78, 5) is 11.8. The molecule has 0 N–H and O–H groups in total. The van der Waals surface area contributed by atoms with E-state index in [9.17, 15) is 4.79 Å². The molecule has 0 spiro atoms. The van der Waals surface area contributed by atoms with Gasteiger partial charge in [-0.25, -0.2) is 4.79 Å². The molecule has 0 unspecified atom stereocenters. The van der Waals surface area contributed by atoms with Gasteiger partial charge in [0, 0.05) is 5.56 Å². The average Bonchev–Trinajstić information content (AvgIpc) is 2.25. The molecule has 3 nitrogen and oxygen atoms in total. The van der Waals surface area contributed by atoms with Gasteiger partial charge in [0.2, 0.25) is 0 Å². The molecule has 0 fully saturated rings. The van der Waals surface area contributed by atoms with Crippen molar-refractivity contribution in [3.63, 3.8) is 0 Å². The van der Waals surface area contributed by atoms with Crippen LogP contribution in [-0.4, -0.2) is 18.7 Å². The van der Waals surface area contributed by atoms with Crippen molar-refractivity contribution >= 4 is 12.0 Å². The van der Waals surface area contributed by atoms with Gasteiger partial charge in [-0.2, -0.15) is 0 Å². The predicted octanol–water partition coefficient (Wildman–Crippen LogP) is 3.29. The summed E-state index contributed by atoms with van der Waals surface area (Å²) in [5.41, 5.74) is 0.823. The smallest absolute Gasteiger partial charge is 0.338 e. The van der Waals surface area contributed by atoms with Gasteiger partial charge in [0.05, 0.1) is 12.7 Å². The molecule has 0 aliphatic heterocycles. The Kier molecular flexibility index (Phi) is 3.94. The molecule has 1 aromatic carbocycles. The van der Waals surface area contributed by atoms with Crippen molar-refractivity contribution in [2.75, 3.05) is 7.11 Å². The van der Waals surface area contributed by atoms with E-state index in [2.05, 4.69) is 6.58 Å². The second kappa shape index (κ2) is 5.04. The second-order valence-corrected chi connectivity index (χ2v) is 4.66. The molecule has 0 bridgehead atoms. The molecule has 0 amide bonds. The van der Waals surface area contributed by atoms with Gasteiger partial charge >= 0.3 is 5.97 Å². The van der Waals surface area contributed by atoms with Crippen LogP contribution in [0.1, 0.15) is 36.7 Å². The molecule has 0 heterocycles. The number of esters is 1. The molecule has 0 aliphatic rings. The van der Waals surface area contributed by atoms with Crippen LogP contribution in [-0.2, 0) is 4.74 Å². The third-order valence-corrected chi connectivity index (χ3v) is 2.09. The molecule has 0 atom stereocenters. The van der Waals surface area contributed by atoms with Gasteiger partial charge in [0.25, 0.3) is 0 Å². The van der Waals surface area contributed by atoms with E-state index in [-0.39, 0.29) is 5.97 Å². The lowest BCUT2D eigenvalue weighted by Gasteiger charge is -2.19. The third kappa shape index (κ3) is 3.63. The van der Waals surface area contributed by atoms with Gasteiger partial charge in [0.1, 0.15) is 11.4 Å². The molecule has 17 heavy (non-hydrogen) atoms. The van der Waals surface area contributed by atoms with Gasteiger partial charge < -0.3 is 9.47 Å². The number of rotatable bonds is 3. The minimum Gasteiger partial charge on any atom is -0.496 e. The number of carbonyl (C=O) groups excluding carboxylic acids is 1. The zero-order chi connectivity index (χ0) is 13.1. The van der Waals surface area contributed by atoms with Gasteiger partial charge in [-0.05, 0) is 32.9 Å². The third-order valence-electron chi connectivity index (χ3n) is 2.09. The summed E-state index contributed by atoms with van der Waals surface area (Å²) < 4.78 is 10.5. The highest BCUT2D eigenvalue weighted by atomic mass is 16.6. The molecule has 1 aromatic rings. The van der Waals surface area contributed by atoms with Gasteiger partial charge in [0.15, 0.2) is 0 Å². The fourth-order valence-corrected chi connectivity index (χ4v) is 1.34. The molecule has 0 radical (unpaired) electrons. The van der Waals surface area contributed by atoms with E-state index in [4.69, 9.17) is 9.47 Å². The summed E-state index contributed by atoms with van der Waals surface area (Å²) in [6, 6.07) is 5.14. The normalized spacial score (nSPS) is 10.8. The number of methoxy groups -OCH3 is 1. The maximum atomic E-state index is 11.8. The lowest BCUT2D eigenvalue weighted by molar-refractivity contribution is 0.00692. The summed E-state index contributed by atoms with van der Waals surface area (Å²) in [5.74, 6) is 0.259. The summed E-state index contributed by atoms with van der Waals surface area (Å²) in [6.45, 7) is 9.18. The van der Waals surface area contributed by atoms with Crippen molar-refractivity contribution in [3.8, 4) is 5.75 Å². The first-order valence-corrected chi connectivity index (χ1v) is 5.41. The topological polar surface area (TPSA) is 35.5 Å². The Hall–Kier alpha value is -1.77. The van der Waals surface area contributed by atoms with Crippen molar-refractivity contribution in [1.29, 1.82) is 0 Å². The van der Waals surface area contributed by atoms with Crippen LogP contribution in [0.25, 0.3) is 6.08 Å². The maximum Gasteiger partial charge on any atom is 0.338 e. The van der Waals surface area contributed by atoms with Crippen LogP contribution in [0.4, 0.5) is 0 Å². The van der Waals surface area contributed by atoms with Gasteiger partial charge in [-0.3, -0.25) is 0 Å². The molecule has 0 saturated heterocycles. The Labute approximate surface area is 102 Å². The lowest BCUT2D eigenvalue weighted by atomic mass is 10.1. The number of hydrogen-bond acceptors (Lipinski definition) is 3. The zero-order valence-corrected chi connectivity index (χ0v) is 10.7. The van der Waals surface area contributed by atoms with Crippen LogP contribution in [0.5, 0.6) is 5.75 Å². The Morgan fingerprint density at radius 1 is 1.35 bits per heavy atom. The van der Waals surface area contributed by atoms with Crippen molar-refractivity contribution < 1.29 is 14.3 Å². The summed E-state index contributed by atoms with van der Waals surface area (Å²) in [5, 5.41) is 0. The largest absolute Gasteiger partial charge is 0.496 e. The van der Waals surface area contributed by atoms with Crippen molar-refractivity contribution in [2.24, 2.45) is 0 Å². The average molecular weight is 234 g/mol. The highest BCUT2D eigenvalue weighted by Crippen LogP contribution is 2.22. The molecular formula is C14H18O3. The number of hydrogen-bond donors (Lipinski definition) is 0. The first kappa shape index (κ1) is 13.3. The molecular weight excluding hydrogens is 216 g/mol. The summed E-state index contributed by atoms with van der Waals surface area (Å²) >= 11 is 0. The van der Waals surface area contributed by atoms with Crippen LogP contribution >= 0.6 is 0 Å². The van der Waals surface area contributed by atoms with Gasteiger partial charge in [-0.1, -0.05) is 18.7 Å².